The predicted molar refractivity (Wildman–Crippen MR) is 88.6 cm³/mol. The minimum absolute atomic E-state index is 0.466. The minimum Gasteiger partial charge on any atom is -0.369 e. The van der Waals surface area contributed by atoms with Crippen LogP contribution in [0.5, 0.6) is 0 Å². The van der Waals surface area contributed by atoms with Gasteiger partial charge in [-0.15, -0.1) is 11.3 Å². The summed E-state index contributed by atoms with van der Waals surface area (Å²) in [6, 6.07) is 2.06. The van der Waals surface area contributed by atoms with E-state index in [1.54, 1.807) is 11.3 Å². The Kier molecular flexibility index (Phi) is 4.52. The highest BCUT2D eigenvalue weighted by Crippen LogP contribution is 2.27. The maximum absolute atomic E-state index is 5.44. The summed E-state index contributed by atoms with van der Waals surface area (Å²) in [6.07, 6.45) is 2.50. The normalized spacial score (nSPS) is 17.2. The molecule has 1 fully saturated rings. The second-order valence-electron chi connectivity index (χ2n) is 5.44. The van der Waals surface area contributed by atoms with Crippen molar-refractivity contribution in [2.75, 3.05) is 36.9 Å². The van der Waals surface area contributed by atoms with Crippen LogP contribution in [0.1, 0.15) is 19.8 Å². The van der Waals surface area contributed by atoms with Crippen LogP contribution in [-0.4, -0.2) is 41.0 Å². The number of piperidine rings is 1. The molecule has 0 amide bonds. The maximum atomic E-state index is 5.44. The molecule has 3 heterocycles. The Morgan fingerprint density at radius 2 is 2.19 bits per heavy atom. The van der Waals surface area contributed by atoms with Gasteiger partial charge in [0.2, 0.25) is 5.95 Å². The molecule has 0 aliphatic carbocycles. The first-order valence-corrected chi connectivity index (χ1v) is 8.36. The van der Waals surface area contributed by atoms with Crippen LogP contribution in [0.25, 0.3) is 10.2 Å². The molecular weight excluding hydrogens is 284 g/mol. The fraction of sp³-hybridized carbons (Fsp3) is 0.571. The fourth-order valence-electron chi connectivity index (χ4n) is 2.80. The first-order valence-electron chi connectivity index (χ1n) is 7.48. The molecule has 2 aromatic heterocycles. The van der Waals surface area contributed by atoms with Crippen molar-refractivity contribution < 1.29 is 0 Å². The zero-order chi connectivity index (χ0) is 14.7. The third-order valence-electron chi connectivity index (χ3n) is 4.17. The van der Waals surface area contributed by atoms with E-state index in [4.69, 9.17) is 5.84 Å². The van der Waals surface area contributed by atoms with E-state index < -0.39 is 0 Å². The summed E-state index contributed by atoms with van der Waals surface area (Å²) in [5, 5.41) is 6.60. The van der Waals surface area contributed by atoms with Crippen molar-refractivity contribution in [3.8, 4) is 0 Å². The SMILES string of the molecule is CCN1CCC(CNc2nc(NN)nc3sccc23)CC1. The van der Waals surface area contributed by atoms with Gasteiger partial charge in [0.25, 0.3) is 0 Å². The van der Waals surface area contributed by atoms with Crippen molar-refractivity contribution in [3.05, 3.63) is 11.4 Å². The van der Waals surface area contributed by atoms with Gasteiger partial charge in [-0.2, -0.15) is 4.98 Å². The summed E-state index contributed by atoms with van der Waals surface area (Å²) in [5.41, 5.74) is 2.54. The number of fused-ring (bicyclic) bond motifs is 1. The van der Waals surface area contributed by atoms with Gasteiger partial charge in [-0.05, 0) is 49.8 Å². The van der Waals surface area contributed by atoms with Gasteiger partial charge in [-0.1, -0.05) is 6.92 Å². The number of hydrogen-bond acceptors (Lipinski definition) is 7. The van der Waals surface area contributed by atoms with E-state index in [9.17, 15) is 0 Å². The van der Waals surface area contributed by atoms with Crippen molar-refractivity contribution >= 4 is 33.3 Å². The molecule has 7 heteroatoms. The molecule has 6 nitrogen and oxygen atoms in total. The molecule has 114 valence electrons. The average molecular weight is 306 g/mol. The number of hydrogen-bond donors (Lipinski definition) is 3. The van der Waals surface area contributed by atoms with Crippen LogP contribution < -0.4 is 16.6 Å². The molecule has 0 atom stereocenters. The Balaban J connectivity index is 1.66. The van der Waals surface area contributed by atoms with E-state index in [-0.39, 0.29) is 0 Å². The van der Waals surface area contributed by atoms with Gasteiger partial charge in [-0.3, -0.25) is 5.43 Å². The highest BCUT2D eigenvalue weighted by molar-refractivity contribution is 7.16. The smallest absolute Gasteiger partial charge is 0.240 e. The average Bonchev–Trinajstić information content (AvgIpc) is 3.01. The number of nitrogen functional groups attached to an aromatic ring is 1. The minimum atomic E-state index is 0.466. The van der Waals surface area contributed by atoms with Gasteiger partial charge in [0.1, 0.15) is 10.6 Å². The van der Waals surface area contributed by atoms with Gasteiger partial charge in [0, 0.05) is 6.54 Å². The fourth-order valence-corrected chi connectivity index (χ4v) is 3.57. The van der Waals surface area contributed by atoms with Crippen LogP contribution in [0.4, 0.5) is 11.8 Å². The zero-order valence-corrected chi connectivity index (χ0v) is 13.1. The molecule has 4 N–H and O–H groups in total. The summed E-state index contributed by atoms with van der Waals surface area (Å²) in [6.45, 7) is 6.76. The van der Waals surface area contributed by atoms with Crippen LogP contribution in [0.2, 0.25) is 0 Å². The second kappa shape index (κ2) is 6.55. The van der Waals surface area contributed by atoms with Gasteiger partial charge >= 0.3 is 0 Å². The maximum Gasteiger partial charge on any atom is 0.240 e. The van der Waals surface area contributed by atoms with Crippen molar-refractivity contribution in [2.45, 2.75) is 19.8 Å². The molecule has 1 aliphatic heterocycles. The van der Waals surface area contributed by atoms with E-state index in [0.29, 0.717) is 11.9 Å². The number of aromatic nitrogens is 2. The van der Waals surface area contributed by atoms with Crippen LogP contribution >= 0.6 is 11.3 Å². The van der Waals surface area contributed by atoms with Gasteiger partial charge < -0.3 is 10.2 Å². The van der Waals surface area contributed by atoms with E-state index in [1.807, 2.05) is 5.38 Å². The number of nitrogens with two attached hydrogens (primary N) is 1. The van der Waals surface area contributed by atoms with Crippen molar-refractivity contribution in [2.24, 2.45) is 11.8 Å². The lowest BCUT2D eigenvalue weighted by molar-refractivity contribution is 0.198. The number of nitrogens with zero attached hydrogens (tertiary/aromatic N) is 3. The molecule has 0 radical (unpaired) electrons. The largest absolute Gasteiger partial charge is 0.369 e. The lowest BCUT2D eigenvalue weighted by Gasteiger charge is -2.31. The van der Waals surface area contributed by atoms with E-state index >= 15 is 0 Å². The number of rotatable bonds is 5. The van der Waals surface area contributed by atoms with E-state index in [2.05, 4.69) is 38.6 Å². The van der Waals surface area contributed by atoms with Crippen molar-refractivity contribution in [1.82, 2.24) is 14.9 Å². The van der Waals surface area contributed by atoms with Crippen molar-refractivity contribution in [1.29, 1.82) is 0 Å². The van der Waals surface area contributed by atoms with Crippen LogP contribution in [0, 0.1) is 5.92 Å². The summed E-state index contributed by atoms with van der Waals surface area (Å²) in [7, 11) is 0. The zero-order valence-electron chi connectivity index (χ0n) is 12.3. The highest BCUT2D eigenvalue weighted by Gasteiger charge is 2.18. The molecule has 3 rings (SSSR count). The molecule has 0 spiro atoms. The highest BCUT2D eigenvalue weighted by atomic mass is 32.1. The Morgan fingerprint density at radius 1 is 1.38 bits per heavy atom. The standard InChI is InChI=1S/C14H22N6S/c1-2-20-6-3-10(4-7-20)9-16-12-11-5-8-21-13(11)18-14(17-12)19-15/h5,8,10H,2-4,6-7,9,15H2,1H3,(H2,16,17,18,19). The lowest BCUT2D eigenvalue weighted by atomic mass is 9.97. The molecule has 1 aliphatic rings. The summed E-state index contributed by atoms with van der Waals surface area (Å²) < 4.78 is 0. The Bertz CT molecular complexity index is 590. The molecule has 0 bridgehead atoms. The monoisotopic (exact) mass is 306 g/mol. The second-order valence-corrected chi connectivity index (χ2v) is 6.33. The molecular formula is C14H22N6S. The first-order chi connectivity index (χ1) is 10.3. The third kappa shape index (κ3) is 3.25. The summed E-state index contributed by atoms with van der Waals surface area (Å²) in [4.78, 5) is 12.3. The predicted octanol–water partition coefficient (Wildman–Crippen LogP) is 2.12. The van der Waals surface area contributed by atoms with Gasteiger partial charge in [0.05, 0.1) is 5.39 Å². The van der Waals surface area contributed by atoms with Crippen molar-refractivity contribution in [3.63, 3.8) is 0 Å². The number of likely N-dealkylation sites (tertiary alicyclic amines) is 1. The number of nitrogens with one attached hydrogen (secondary N) is 2. The Morgan fingerprint density at radius 3 is 2.90 bits per heavy atom. The number of thiophene rings is 1. The van der Waals surface area contributed by atoms with Crippen LogP contribution in [0.3, 0.4) is 0 Å². The Labute approximate surface area is 128 Å². The summed E-state index contributed by atoms with van der Waals surface area (Å²) in [5.74, 6) is 7.51. The number of hydrazine groups is 1. The van der Waals surface area contributed by atoms with Crippen LogP contribution in [-0.2, 0) is 0 Å². The number of anilines is 2. The molecule has 0 aromatic carbocycles. The molecule has 2 aromatic rings. The molecule has 21 heavy (non-hydrogen) atoms. The van der Waals surface area contributed by atoms with Crippen LogP contribution in [0.15, 0.2) is 11.4 Å². The quantitative estimate of drug-likeness (QED) is 0.580. The van der Waals surface area contributed by atoms with E-state index in [0.717, 1.165) is 29.1 Å². The first kappa shape index (κ1) is 14.5. The van der Waals surface area contributed by atoms with Gasteiger partial charge in [-0.25, -0.2) is 10.8 Å². The Hall–Kier alpha value is -1.44. The summed E-state index contributed by atoms with van der Waals surface area (Å²) >= 11 is 1.60. The lowest BCUT2D eigenvalue weighted by Crippen LogP contribution is -2.35. The molecule has 0 unspecified atom stereocenters. The topological polar surface area (TPSA) is 79.1 Å². The van der Waals surface area contributed by atoms with Gasteiger partial charge in [0.15, 0.2) is 0 Å². The molecule has 1 saturated heterocycles. The van der Waals surface area contributed by atoms with E-state index in [1.165, 1.54) is 25.9 Å². The third-order valence-corrected chi connectivity index (χ3v) is 4.97. The molecule has 0 saturated carbocycles.